The molecule has 9 heteroatoms. The first-order valence-electron chi connectivity index (χ1n) is 7.74. The summed E-state index contributed by atoms with van der Waals surface area (Å²) in [6.07, 6.45) is 1.40. The lowest BCUT2D eigenvalue weighted by Gasteiger charge is -2.08. The summed E-state index contributed by atoms with van der Waals surface area (Å²) in [6.45, 7) is 0. The smallest absolute Gasteiger partial charge is 0.292 e. The van der Waals surface area contributed by atoms with Crippen LogP contribution in [0.1, 0.15) is 20.9 Å². The van der Waals surface area contributed by atoms with Gasteiger partial charge in [0, 0.05) is 23.0 Å². The topological polar surface area (TPSA) is 140 Å². The standard InChI is InChI=1S/C18H14N4O5/c19-14-8-3-11(10-15(14)22(25)26)17(23)20-12-4-6-13(7-5-12)21-18(24)16-2-1-9-27-16/h1-10H,19H2,(H,20,23)(H,21,24). The van der Waals surface area contributed by atoms with Crippen LogP contribution in [0, 0.1) is 10.1 Å². The fourth-order valence-electron chi connectivity index (χ4n) is 2.28. The first kappa shape index (κ1) is 17.7. The molecule has 1 heterocycles. The van der Waals surface area contributed by atoms with Crippen LogP contribution in [0.5, 0.6) is 0 Å². The van der Waals surface area contributed by atoms with E-state index >= 15 is 0 Å². The molecule has 0 spiro atoms. The van der Waals surface area contributed by atoms with E-state index in [1.165, 1.54) is 24.5 Å². The lowest BCUT2D eigenvalue weighted by atomic mass is 10.1. The Morgan fingerprint density at radius 3 is 2.15 bits per heavy atom. The molecule has 0 fully saturated rings. The van der Waals surface area contributed by atoms with Gasteiger partial charge in [-0.1, -0.05) is 0 Å². The van der Waals surface area contributed by atoms with Crippen LogP contribution in [0.2, 0.25) is 0 Å². The molecule has 27 heavy (non-hydrogen) atoms. The second-order valence-corrected chi connectivity index (χ2v) is 5.49. The Hall–Kier alpha value is -4.14. The van der Waals surface area contributed by atoms with Crippen LogP contribution in [0.3, 0.4) is 0 Å². The Kier molecular flexibility index (Phi) is 4.84. The molecule has 2 amide bonds. The number of nitro benzene ring substituents is 1. The number of hydrogen-bond acceptors (Lipinski definition) is 6. The summed E-state index contributed by atoms with van der Waals surface area (Å²) in [7, 11) is 0. The van der Waals surface area contributed by atoms with Crippen molar-refractivity contribution < 1.29 is 18.9 Å². The second kappa shape index (κ2) is 7.40. The summed E-state index contributed by atoms with van der Waals surface area (Å²) in [5.74, 6) is -0.742. The van der Waals surface area contributed by atoms with E-state index in [1.54, 1.807) is 30.3 Å². The number of furan rings is 1. The molecule has 3 aromatic rings. The minimum Gasteiger partial charge on any atom is -0.459 e. The predicted octanol–water partition coefficient (Wildman–Crippen LogP) is 3.27. The molecule has 136 valence electrons. The Balaban J connectivity index is 1.67. The largest absolute Gasteiger partial charge is 0.459 e. The Morgan fingerprint density at radius 1 is 0.963 bits per heavy atom. The van der Waals surface area contributed by atoms with E-state index in [-0.39, 0.29) is 22.7 Å². The number of nitro groups is 1. The summed E-state index contributed by atoms with van der Waals surface area (Å²) in [6, 6.07) is 13.3. The quantitative estimate of drug-likeness (QED) is 0.359. The third-order valence-corrected chi connectivity index (χ3v) is 3.63. The monoisotopic (exact) mass is 366 g/mol. The molecule has 0 aliphatic rings. The van der Waals surface area contributed by atoms with Gasteiger partial charge in [0.05, 0.1) is 11.2 Å². The average molecular weight is 366 g/mol. The molecular weight excluding hydrogens is 352 g/mol. The first-order valence-corrected chi connectivity index (χ1v) is 7.74. The zero-order chi connectivity index (χ0) is 19.4. The number of amides is 2. The normalized spacial score (nSPS) is 10.2. The molecule has 3 rings (SSSR count). The van der Waals surface area contributed by atoms with Gasteiger partial charge in [0.25, 0.3) is 17.5 Å². The fraction of sp³-hybridized carbons (Fsp3) is 0. The number of carbonyl (C=O) groups excluding carboxylic acids is 2. The minimum atomic E-state index is -0.650. The zero-order valence-corrected chi connectivity index (χ0v) is 13.8. The van der Waals surface area contributed by atoms with Crippen molar-refractivity contribution >= 4 is 34.6 Å². The molecule has 0 atom stereocenters. The number of hydrogen-bond donors (Lipinski definition) is 3. The van der Waals surface area contributed by atoms with Gasteiger partial charge in [-0.2, -0.15) is 0 Å². The third-order valence-electron chi connectivity index (χ3n) is 3.63. The number of carbonyl (C=O) groups is 2. The highest BCUT2D eigenvalue weighted by Crippen LogP contribution is 2.23. The van der Waals surface area contributed by atoms with Crippen molar-refractivity contribution in [1.82, 2.24) is 0 Å². The summed E-state index contributed by atoms with van der Waals surface area (Å²) >= 11 is 0. The Morgan fingerprint density at radius 2 is 1.59 bits per heavy atom. The van der Waals surface area contributed by atoms with E-state index in [0.717, 1.165) is 6.07 Å². The maximum atomic E-state index is 12.3. The van der Waals surface area contributed by atoms with E-state index in [2.05, 4.69) is 10.6 Å². The van der Waals surface area contributed by atoms with E-state index < -0.39 is 16.7 Å². The number of rotatable bonds is 5. The number of benzene rings is 2. The van der Waals surface area contributed by atoms with Crippen molar-refractivity contribution in [3.05, 3.63) is 82.3 Å². The van der Waals surface area contributed by atoms with Gasteiger partial charge in [-0.15, -0.1) is 0 Å². The van der Waals surface area contributed by atoms with E-state index in [1.807, 2.05) is 0 Å². The Labute approximate surface area is 152 Å². The first-order chi connectivity index (χ1) is 12.9. The fourth-order valence-corrected chi connectivity index (χ4v) is 2.28. The molecule has 0 bridgehead atoms. The highest BCUT2D eigenvalue weighted by molar-refractivity contribution is 6.05. The van der Waals surface area contributed by atoms with Crippen molar-refractivity contribution in [1.29, 1.82) is 0 Å². The number of nitrogens with one attached hydrogen (secondary N) is 2. The maximum absolute atomic E-state index is 12.3. The molecule has 1 aromatic heterocycles. The molecule has 4 N–H and O–H groups in total. The van der Waals surface area contributed by atoms with Crippen LogP contribution < -0.4 is 16.4 Å². The lowest BCUT2D eigenvalue weighted by molar-refractivity contribution is -0.383. The molecule has 9 nitrogen and oxygen atoms in total. The van der Waals surface area contributed by atoms with Gasteiger partial charge in [0.1, 0.15) is 5.69 Å². The second-order valence-electron chi connectivity index (χ2n) is 5.49. The van der Waals surface area contributed by atoms with Gasteiger partial charge in [-0.25, -0.2) is 0 Å². The molecule has 2 aromatic carbocycles. The van der Waals surface area contributed by atoms with Gasteiger partial charge in [0.2, 0.25) is 0 Å². The van der Waals surface area contributed by atoms with Crippen molar-refractivity contribution in [3.63, 3.8) is 0 Å². The number of anilines is 3. The van der Waals surface area contributed by atoms with Crippen LogP contribution in [0.25, 0.3) is 0 Å². The van der Waals surface area contributed by atoms with Crippen LogP contribution >= 0.6 is 0 Å². The molecule has 0 unspecified atom stereocenters. The highest BCUT2D eigenvalue weighted by atomic mass is 16.6. The van der Waals surface area contributed by atoms with Crippen LogP contribution in [0.4, 0.5) is 22.7 Å². The summed E-state index contributed by atoms with van der Waals surface area (Å²) in [5.41, 5.74) is 6.23. The van der Waals surface area contributed by atoms with Gasteiger partial charge >= 0.3 is 0 Å². The van der Waals surface area contributed by atoms with Gasteiger partial charge in [0.15, 0.2) is 5.76 Å². The van der Waals surface area contributed by atoms with Crippen LogP contribution in [-0.2, 0) is 0 Å². The van der Waals surface area contributed by atoms with Crippen molar-refractivity contribution in [2.75, 3.05) is 16.4 Å². The minimum absolute atomic E-state index is 0.0202. The number of nitrogens with zero attached hydrogens (tertiary/aromatic N) is 1. The molecular formula is C18H14N4O5. The molecule has 0 aliphatic carbocycles. The maximum Gasteiger partial charge on any atom is 0.292 e. The zero-order valence-electron chi connectivity index (χ0n) is 13.8. The molecule has 0 aliphatic heterocycles. The van der Waals surface area contributed by atoms with Crippen LogP contribution in [0.15, 0.2) is 65.3 Å². The number of nitrogen functional groups attached to an aromatic ring is 1. The van der Waals surface area contributed by atoms with Crippen molar-refractivity contribution in [2.24, 2.45) is 0 Å². The highest BCUT2D eigenvalue weighted by Gasteiger charge is 2.16. The summed E-state index contributed by atoms with van der Waals surface area (Å²) in [4.78, 5) is 34.4. The van der Waals surface area contributed by atoms with Gasteiger partial charge in [-0.3, -0.25) is 19.7 Å². The van der Waals surface area contributed by atoms with Gasteiger partial charge < -0.3 is 20.8 Å². The predicted molar refractivity (Wildman–Crippen MR) is 98.6 cm³/mol. The van der Waals surface area contributed by atoms with Crippen molar-refractivity contribution in [2.45, 2.75) is 0 Å². The summed E-state index contributed by atoms with van der Waals surface area (Å²) < 4.78 is 5.00. The van der Waals surface area contributed by atoms with Crippen molar-refractivity contribution in [3.8, 4) is 0 Å². The average Bonchev–Trinajstić information content (AvgIpc) is 3.18. The van der Waals surface area contributed by atoms with Gasteiger partial charge in [-0.05, 0) is 48.5 Å². The molecule has 0 radical (unpaired) electrons. The number of nitrogens with two attached hydrogens (primary N) is 1. The molecule has 0 saturated heterocycles. The van der Waals surface area contributed by atoms with E-state index in [0.29, 0.717) is 11.4 Å². The lowest BCUT2D eigenvalue weighted by Crippen LogP contribution is -2.13. The Bertz CT molecular complexity index is 997. The van der Waals surface area contributed by atoms with E-state index in [4.69, 9.17) is 10.2 Å². The SMILES string of the molecule is Nc1ccc(C(=O)Nc2ccc(NC(=O)c3ccco3)cc2)cc1[N+](=O)[O-]. The van der Waals surface area contributed by atoms with E-state index in [9.17, 15) is 19.7 Å². The summed E-state index contributed by atoms with van der Waals surface area (Å²) in [5, 5.41) is 16.2. The third kappa shape index (κ3) is 4.10. The van der Waals surface area contributed by atoms with Crippen LogP contribution in [-0.4, -0.2) is 16.7 Å². The molecule has 0 saturated carbocycles.